The summed E-state index contributed by atoms with van der Waals surface area (Å²) in [5.74, 6) is 1.40. The van der Waals surface area contributed by atoms with Crippen molar-refractivity contribution in [2.24, 2.45) is 0 Å². The Labute approximate surface area is 397 Å². The first-order valence-electron chi connectivity index (χ1n) is 22.7. The van der Waals surface area contributed by atoms with Gasteiger partial charge in [0.25, 0.3) is 0 Å². The molecule has 1 aliphatic heterocycles. The molecular weight excluding hydrogens is 893 g/mol. The molecule has 1 atom stereocenters. The average Bonchev–Trinajstić information content (AvgIpc) is 3.91. The van der Waals surface area contributed by atoms with E-state index in [9.17, 15) is 26.3 Å². The highest BCUT2D eigenvalue weighted by Gasteiger charge is 2.39. The Morgan fingerprint density at radius 3 is 1.87 bits per heavy atom. The maximum Gasteiger partial charge on any atom is 0.417 e. The minimum Gasteiger partial charge on any atom is -0.330 e. The van der Waals surface area contributed by atoms with Crippen molar-refractivity contribution >= 4 is 55.6 Å². The van der Waals surface area contributed by atoms with Gasteiger partial charge < -0.3 is 9.47 Å². The van der Waals surface area contributed by atoms with E-state index in [1.165, 1.54) is 11.6 Å². The van der Waals surface area contributed by atoms with Crippen LogP contribution < -0.4 is 15.3 Å². The van der Waals surface area contributed by atoms with Crippen LogP contribution in [0, 0.1) is 0 Å². The molecule has 1 unspecified atom stereocenters. The molecule has 0 amide bonds. The average molecular weight is 930 g/mol. The molecule has 0 radical (unpaired) electrons. The monoisotopic (exact) mass is 929 g/mol. The topological polar surface area (TPSA) is 46.8 Å². The number of alkyl halides is 6. The van der Waals surface area contributed by atoms with Gasteiger partial charge in [-0.3, -0.25) is 0 Å². The lowest BCUT2D eigenvalue weighted by Gasteiger charge is -2.28. The van der Waals surface area contributed by atoms with Gasteiger partial charge in [0.1, 0.15) is 0 Å². The van der Waals surface area contributed by atoms with Crippen LogP contribution in [0.1, 0.15) is 23.4 Å². The highest BCUT2D eigenvalue weighted by atomic mass is 19.4. The van der Waals surface area contributed by atoms with Crippen LogP contribution in [0.25, 0.3) is 78.1 Å². The van der Waals surface area contributed by atoms with Crippen molar-refractivity contribution in [3.8, 4) is 33.9 Å². The molecule has 0 saturated carbocycles. The van der Waals surface area contributed by atoms with Gasteiger partial charge in [-0.15, -0.1) is 0 Å². The first-order chi connectivity index (χ1) is 34.0. The molecule has 70 heavy (non-hydrogen) atoms. The summed E-state index contributed by atoms with van der Waals surface area (Å²) in [5, 5.41) is 3.52. The number of anilines is 2. The predicted octanol–water partition coefficient (Wildman–Crippen LogP) is 14.0. The summed E-state index contributed by atoms with van der Waals surface area (Å²) in [6.45, 7) is 0. The number of aromatic nitrogens is 4. The summed E-state index contributed by atoms with van der Waals surface area (Å²) in [6, 6.07) is 50.4. The Morgan fingerprint density at radius 1 is 0.514 bits per heavy atom. The molecule has 12 rings (SSSR count). The van der Waals surface area contributed by atoms with E-state index in [1.54, 1.807) is 12.1 Å². The van der Waals surface area contributed by atoms with Gasteiger partial charge in [-0.05, 0) is 82.1 Å². The molecule has 7 aromatic carbocycles. The van der Waals surface area contributed by atoms with Gasteiger partial charge >= 0.3 is 12.4 Å². The molecule has 0 fully saturated rings. The fourth-order valence-electron chi connectivity index (χ4n) is 10.1. The lowest BCUT2D eigenvalue weighted by atomic mass is 9.92. The van der Waals surface area contributed by atoms with Crippen molar-refractivity contribution in [2.45, 2.75) is 24.8 Å². The minimum absolute atomic E-state index is 0.0232. The normalized spacial score (nSPS) is 16.4. The third-order valence-electron chi connectivity index (χ3n) is 13.2. The Morgan fingerprint density at radius 2 is 1.17 bits per heavy atom. The summed E-state index contributed by atoms with van der Waals surface area (Å²) >= 11 is 0. The van der Waals surface area contributed by atoms with E-state index in [0.717, 1.165) is 66.8 Å². The molecule has 2 aromatic heterocycles. The molecule has 9 aromatic rings. The Balaban J connectivity index is 1.12. The lowest BCUT2D eigenvalue weighted by molar-refractivity contribution is -0.142. The second-order valence-corrected chi connectivity index (χ2v) is 17.3. The van der Waals surface area contributed by atoms with Crippen LogP contribution in [0.5, 0.6) is 0 Å². The quantitative estimate of drug-likeness (QED) is 0.156. The van der Waals surface area contributed by atoms with Crippen molar-refractivity contribution < 1.29 is 26.3 Å². The van der Waals surface area contributed by atoms with E-state index < -0.39 is 23.5 Å². The molecular formula is C59H37F6N5. The van der Waals surface area contributed by atoms with Gasteiger partial charge in [-0.25, -0.2) is 15.0 Å². The first-order valence-corrected chi connectivity index (χ1v) is 22.7. The predicted molar refractivity (Wildman–Crippen MR) is 266 cm³/mol. The summed E-state index contributed by atoms with van der Waals surface area (Å²) in [4.78, 5) is 17.8. The smallest absolute Gasteiger partial charge is 0.330 e. The first kappa shape index (κ1) is 42.8. The third kappa shape index (κ3) is 7.33. The second kappa shape index (κ2) is 16.6. The molecule has 0 bridgehead atoms. The van der Waals surface area contributed by atoms with Gasteiger partial charge in [-0.2, -0.15) is 26.3 Å². The van der Waals surface area contributed by atoms with Gasteiger partial charge in [0.15, 0.2) is 17.5 Å². The van der Waals surface area contributed by atoms with Crippen LogP contribution in [-0.2, 0) is 12.4 Å². The highest BCUT2D eigenvalue weighted by molar-refractivity contribution is 6.13. The molecule has 11 heteroatoms. The van der Waals surface area contributed by atoms with Crippen LogP contribution in [0.2, 0.25) is 0 Å². The zero-order chi connectivity index (χ0) is 47.7. The third-order valence-corrected chi connectivity index (χ3v) is 13.2. The van der Waals surface area contributed by atoms with Crippen molar-refractivity contribution in [3.63, 3.8) is 0 Å². The lowest BCUT2D eigenvalue weighted by Crippen LogP contribution is -2.29. The molecule has 340 valence electrons. The summed E-state index contributed by atoms with van der Waals surface area (Å²) in [6.07, 6.45) is 3.11. The number of halogens is 6. The zero-order valence-corrected chi connectivity index (χ0v) is 36.9. The molecule has 0 saturated heterocycles. The summed E-state index contributed by atoms with van der Waals surface area (Å²) in [5.41, 5.74) is 5.93. The highest BCUT2D eigenvalue weighted by Crippen LogP contribution is 2.45. The van der Waals surface area contributed by atoms with Crippen molar-refractivity contribution in [2.75, 3.05) is 4.90 Å². The molecule has 3 heterocycles. The number of nitrogens with zero attached hydrogens (tertiary/aromatic N) is 5. The maximum absolute atomic E-state index is 14.6. The van der Waals surface area contributed by atoms with E-state index in [1.807, 2.05) is 103 Å². The van der Waals surface area contributed by atoms with Crippen LogP contribution in [0.3, 0.4) is 0 Å². The number of fused-ring (bicyclic) bond motifs is 5. The molecule has 2 aliphatic carbocycles. The Bertz CT molecular complexity index is 3770. The fraction of sp³-hybridized carbons (Fsp3) is 0.0678. The number of hydrogen-bond acceptors (Lipinski definition) is 4. The SMILES string of the molecule is FC(F)(F)c1ccc(-c2ccc3c(c2)c2ccccc2n3C2=C(c3nc(-c4ccccc4)nc(-c4ccccc4)n3)CC(=c3cccc4c3=C3C=CC=CC3N4c3ccccc3)C=C2)c(C(F)(F)F)c1. The molecule has 3 aliphatic rings. The van der Waals surface area contributed by atoms with E-state index >= 15 is 0 Å². The zero-order valence-electron chi connectivity index (χ0n) is 36.9. The van der Waals surface area contributed by atoms with E-state index in [2.05, 4.69) is 76.3 Å². The number of benzene rings is 7. The van der Waals surface area contributed by atoms with Gasteiger partial charge in [0.2, 0.25) is 0 Å². The molecule has 0 N–H and O–H groups in total. The van der Waals surface area contributed by atoms with Gasteiger partial charge in [0, 0.05) is 44.8 Å². The van der Waals surface area contributed by atoms with Crippen molar-refractivity contribution in [3.05, 3.63) is 234 Å². The van der Waals surface area contributed by atoms with Crippen LogP contribution >= 0.6 is 0 Å². The van der Waals surface area contributed by atoms with Crippen LogP contribution in [0.4, 0.5) is 37.7 Å². The maximum atomic E-state index is 14.6. The molecule has 5 nitrogen and oxygen atoms in total. The van der Waals surface area contributed by atoms with Gasteiger partial charge in [-0.1, -0.05) is 152 Å². The van der Waals surface area contributed by atoms with E-state index in [4.69, 9.17) is 15.0 Å². The molecule has 0 spiro atoms. The standard InChI is InChI=1S/C59H37F6N5/c60-58(61,62)40-29-30-42(48(35-40)59(63,64)65)38-27-31-51-46(33-38)44-21-10-12-24-49(44)70(51)52-32-28-39(43-23-14-26-53-54(43)45-22-11-13-25-50(45)69(53)41-19-8-3-9-20-41)34-47(52)57-67-55(36-15-4-1-5-16-36)66-56(68-57)37-17-6-2-7-18-37/h1-33,35,50H,34H2. The largest absolute Gasteiger partial charge is 0.417 e. The fourth-order valence-corrected chi connectivity index (χ4v) is 10.1. The Hall–Kier alpha value is -8.57. The van der Waals surface area contributed by atoms with Crippen molar-refractivity contribution in [1.29, 1.82) is 0 Å². The van der Waals surface area contributed by atoms with E-state index in [-0.39, 0.29) is 23.2 Å². The van der Waals surface area contributed by atoms with Gasteiger partial charge in [0.05, 0.1) is 39.6 Å². The summed E-state index contributed by atoms with van der Waals surface area (Å²) < 4.78 is 87.1. The van der Waals surface area contributed by atoms with Crippen LogP contribution in [-0.4, -0.2) is 25.6 Å². The van der Waals surface area contributed by atoms with Crippen LogP contribution in [0.15, 0.2) is 206 Å². The number of para-hydroxylation sites is 2. The number of hydrogen-bond donors (Lipinski definition) is 0. The van der Waals surface area contributed by atoms with E-state index in [0.29, 0.717) is 40.9 Å². The second-order valence-electron chi connectivity index (χ2n) is 17.3. The minimum atomic E-state index is -5.05. The Kier molecular flexibility index (Phi) is 10.1. The number of rotatable bonds is 6. The van der Waals surface area contributed by atoms with Crippen molar-refractivity contribution in [1.82, 2.24) is 19.5 Å². The number of allylic oxidation sites excluding steroid dienone is 6. The summed E-state index contributed by atoms with van der Waals surface area (Å²) in [7, 11) is 0.